The first kappa shape index (κ1) is 25.9. The molecule has 2 aromatic rings. The summed E-state index contributed by atoms with van der Waals surface area (Å²) >= 11 is 6.22. The molecule has 0 saturated carbocycles. The summed E-state index contributed by atoms with van der Waals surface area (Å²) in [5.41, 5.74) is 7.60. The molecule has 0 amide bonds. The van der Waals surface area contributed by atoms with Gasteiger partial charge in [0.05, 0.1) is 37.4 Å². The molecule has 0 heterocycles. The topological polar surface area (TPSA) is 103 Å². The maximum absolute atomic E-state index is 12.5. The first-order valence-corrected chi connectivity index (χ1v) is 12.7. The van der Waals surface area contributed by atoms with Crippen LogP contribution in [0.1, 0.15) is 17.2 Å². The van der Waals surface area contributed by atoms with Crippen LogP contribution >= 0.6 is 11.6 Å². The summed E-state index contributed by atoms with van der Waals surface area (Å²) < 4.78 is 44.4. The third-order valence-corrected chi connectivity index (χ3v) is 7.14. The minimum Gasteiger partial charge on any atom is -0.484 e. The Morgan fingerprint density at radius 3 is 2.42 bits per heavy atom. The van der Waals surface area contributed by atoms with Crippen LogP contribution in [-0.2, 0) is 25.9 Å². The second kappa shape index (κ2) is 12.1. The third-order valence-electron chi connectivity index (χ3n) is 5.43. The van der Waals surface area contributed by atoms with Crippen molar-refractivity contribution in [3.63, 3.8) is 0 Å². The summed E-state index contributed by atoms with van der Waals surface area (Å²) in [6, 6.07) is 12.5. The normalized spacial score (nSPS) is 18.0. The third kappa shape index (κ3) is 7.13. The van der Waals surface area contributed by atoms with E-state index in [1.54, 1.807) is 12.1 Å². The van der Waals surface area contributed by atoms with Crippen LogP contribution < -0.4 is 15.2 Å². The molecule has 1 unspecified atom stereocenters. The van der Waals surface area contributed by atoms with Crippen molar-refractivity contribution in [1.82, 2.24) is 9.62 Å². The number of sulfonamides is 1. The molecule has 1 aliphatic rings. The number of halogens is 1. The fourth-order valence-electron chi connectivity index (χ4n) is 3.73. The van der Waals surface area contributed by atoms with Crippen LogP contribution in [-0.4, -0.2) is 73.0 Å². The van der Waals surface area contributed by atoms with Gasteiger partial charge in [0, 0.05) is 18.1 Å². The number of ether oxygens (including phenoxy) is 3. The maximum atomic E-state index is 12.5. The van der Waals surface area contributed by atoms with Gasteiger partial charge in [0.1, 0.15) is 11.9 Å². The van der Waals surface area contributed by atoms with Gasteiger partial charge in [0.2, 0.25) is 10.0 Å². The highest BCUT2D eigenvalue weighted by Gasteiger charge is 2.35. The lowest BCUT2D eigenvalue weighted by molar-refractivity contribution is 0.0530. The van der Waals surface area contributed by atoms with Crippen molar-refractivity contribution in [3.8, 4) is 5.75 Å². The number of fused-ring (bicyclic) bond motifs is 1. The summed E-state index contributed by atoms with van der Waals surface area (Å²) in [6.07, 6.45) is 0.669. The average Bonchev–Trinajstić information content (AvgIpc) is 3.14. The second-order valence-corrected chi connectivity index (χ2v) is 10.2. The van der Waals surface area contributed by atoms with E-state index in [1.165, 1.54) is 17.7 Å². The summed E-state index contributed by atoms with van der Waals surface area (Å²) in [5.74, 6) is 0.597. The number of hydrogen-bond donors (Lipinski definition) is 2. The lowest BCUT2D eigenvalue weighted by atomic mass is 10.1. The maximum Gasteiger partial charge on any atom is 0.240 e. The van der Waals surface area contributed by atoms with Gasteiger partial charge < -0.3 is 24.8 Å². The highest BCUT2D eigenvalue weighted by molar-refractivity contribution is 7.89. The zero-order valence-electron chi connectivity index (χ0n) is 19.0. The van der Waals surface area contributed by atoms with Gasteiger partial charge in [-0.05, 0) is 68.0 Å². The number of hydrogen-bond acceptors (Lipinski definition) is 7. The lowest BCUT2D eigenvalue weighted by Crippen LogP contribution is -2.34. The molecular formula is C23H32ClN3O5S. The van der Waals surface area contributed by atoms with E-state index in [4.69, 9.17) is 31.5 Å². The Bertz CT molecular complexity index is 1000. The van der Waals surface area contributed by atoms with Gasteiger partial charge in [-0.15, -0.1) is 0 Å². The molecule has 0 radical (unpaired) electrons. The number of benzene rings is 2. The molecule has 1 aliphatic carbocycles. The molecule has 3 rings (SSSR count). The number of nitrogens with zero attached hydrogens (tertiary/aromatic N) is 1. The van der Waals surface area contributed by atoms with E-state index in [9.17, 15) is 8.42 Å². The Morgan fingerprint density at radius 2 is 1.76 bits per heavy atom. The molecule has 0 bridgehead atoms. The Morgan fingerprint density at radius 1 is 1.06 bits per heavy atom. The van der Waals surface area contributed by atoms with E-state index in [2.05, 4.69) is 9.62 Å². The van der Waals surface area contributed by atoms with Crippen molar-refractivity contribution in [2.24, 2.45) is 5.73 Å². The van der Waals surface area contributed by atoms with Crippen molar-refractivity contribution in [2.45, 2.75) is 23.5 Å². The minimum absolute atomic E-state index is 0.157. The van der Waals surface area contributed by atoms with Gasteiger partial charge in [0.25, 0.3) is 0 Å². The average molecular weight is 498 g/mol. The zero-order chi connectivity index (χ0) is 23.8. The van der Waals surface area contributed by atoms with Crippen LogP contribution in [0.2, 0.25) is 5.02 Å². The predicted octanol–water partition coefficient (Wildman–Crippen LogP) is 2.22. The first-order chi connectivity index (χ1) is 15.8. The Labute approximate surface area is 201 Å². The summed E-state index contributed by atoms with van der Waals surface area (Å²) in [5, 5.41) is 0.668. The molecule has 0 fully saturated rings. The van der Waals surface area contributed by atoms with Crippen LogP contribution in [0.5, 0.6) is 5.75 Å². The van der Waals surface area contributed by atoms with Gasteiger partial charge in [-0.3, -0.25) is 0 Å². The molecular weight excluding hydrogens is 466 g/mol. The molecule has 3 N–H and O–H groups in total. The SMILES string of the molecule is CN(C)[C@H]1Cc2ccc(Cl)cc2C1Oc1ccc(S(=O)(=O)NCCOCCOCCN)cc1. The summed E-state index contributed by atoms with van der Waals surface area (Å²) in [6.45, 7) is 2.17. The van der Waals surface area contributed by atoms with E-state index in [0.717, 1.165) is 12.0 Å². The second-order valence-electron chi connectivity index (χ2n) is 8.00. The van der Waals surface area contributed by atoms with Gasteiger partial charge >= 0.3 is 0 Å². The van der Waals surface area contributed by atoms with E-state index in [1.807, 2.05) is 32.3 Å². The molecule has 182 valence electrons. The quantitative estimate of drug-likeness (QED) is 0.409. The molecule has 2 atom stereocenters. The van der Waals surface area contributed by atoms with Crippen LogP contribution in [0.3, 0.4) is 0 Å². The number of nitrogens with two attached hydrogens (primary N) is 1. The molecule has 0 aromatic heterocycles. The monoisotopic (exact) mass is 497 g/mol. The van der Waals surface area contributed by atoms with Gasteiger partial charge in [0.15, 0.2) is 0 Å². The first-order valence-electron chi connectivity index (χ1n) is 10.9. The van der Waals surface area contributed by atoms with Crippen molar-refractivity contribution in [2.75, 3.05) is 53.6 Å². The minimum atomic E-state index is -3.64. The highest BCUT2D eigenvalue weighted by Crippen LogP contribution is 2.38. The Hall–Kier alpha value is -1.72. The molecule has 10 heteroatoms. The van der Waals surface area contributed by atoms with Crippen LogP contribution in [0, 0.1) is 0 Å². The molecule has 0 saturated heterocycles. The smallest absolute Gasteiger partial charge is 0.240 e. The van der Waals surface area contributed by atoms with Gasteiger partial charge in [-0.2, -0.15) is 0 Å². The van der Waals surface area contributed by atoms with Gasteiger partial charge in [-0.1, -0.05) is 17.7 Å². The summed E-state index contributed by atoms with van der Waals surface area (Å²) in [4.78, 5) is 2.30. The Balaban J connectivity index is 1.57. The van der Waals surface area contributed by atoms with Crippen LogP contribution in [0.25, 0.3) is 0 Å². The summed E-state index contributed by atoms with van der Waals surface area (Å²) in [7, 11) is 0.398. The molecule has 8 nitrogen and oxygen atoms in total. The molecule has 0 spiro atoms. The van der Waals surface area contributed by atoms with Crippen LogP contribution in [0.4, 0.5) is 0 Å². The highest BCUT2D eigenvalue weighted by atomic mass is 35.5. The van der Waals surface area contributed by atoms with E-state index in [-0.39, 0.29) is 30.2 Å². The van der Waals surface area contributed by atoms with E-state index >= 15 is 0 Å². The largest absolute Gasteiger partial charge is 0.484 e. The van der Waals surface area contributed by atoms with Crippen molar-refractivity contribution < 1.29 is 22.6 Å². The van der Waals surface area contributed by atoms with Crippen molar-refractivity contribution >= 4 is 21.6 Å². The van der Waals surface area contributed by atoms with Crippen molar-refractivity contribution in [1.29, 1.82) is 0 Å². The van der Waals surface area contributed by atoms with E-state index in [0.29, 0.717) is 37.1 Å². The number of likely N-dealkylation sites (N-methyl/N-ethyl adjacent to an activating group) is 1. The number of nitrogens with one attached hydrogen (secondary N) is 1. The zero-order valence-corrected chi connectivity index (χ0v) is 20.6. The molecule has 33 heavy (non-hydrogen) atoms. The fraction of sp³-hybridized carbons (Fsp3) is 0.478. The lowest BCUT2D eigenvalue weighted by Gasteiger charge is -2.27. The van der Waals surface area contributed by atoms with E-state index < -0.39 is 10.0 Å². The van der Waals surface area contributed by atoms with Gasteiger partial charge in [-0.25, -0.2) is 13.1 Å². The standard InChI is InChI=1S/C23H32ClN3O5S/c1-27(2)22-15-17-3-4-18(24)16-21(17)23(22)32-19-5-7-20(8-6-19)33(28,29)26-10-12-31-14-13-30-11-9-25/h3-8,16,22-23,26H,9-15,25H2,1-2H3/t22-,23?/m0/s1. The predicted molar refractivity (Wildman–Crippen MR) is 128 cm³/mol. The Kier molecular flexibility index (Phi) is 9.51. The molecule has 0 aliphatic heterocycles. The fourth-order valence-corrected chi connectivity index (χ4v) is 4.93. The van der Waals surface area contributed by atoms with Crippen LogP contribution in [0.15, 0.2) is 47.4 Å². The molecule has 2 aromatic carbocycles. The van der Waals surface area contributed by atoms with Crippen molar-refractivity contribution in [3.05, 3.63) is 58.6 Å². The number of rotatable bonds is 13.